The summed E-state index contributed by atoms with van der Waals surface area (Å²) in [5.41, 5.74) is 5.48. The van der Waals surface area contributed by atoms with Crippen molar-refractivity contribution in [2.24, 2.45) is 5.84 Å². The molecule has 0 aliphatic heterocycles. The third-order valence-electron chi connectivity index (χ3n) is 3.21. The number of hydrogen-bond acceptors (Lipinski definition) is 8. The van der Waals surface area contributed by atoms with E-state index >= 15 is 0 Å². The Morgan fingerprint density at radius 3 is 2.81 bits per heavy atom. The van der Waals surface area contributed by atoms with Crippen LogP contribution in [0.2, 0.25) is 0 Å². The van der Waals surface area contributed by atoms with Gasteiger partial charge in [-0.15, -0.1) is 22.7 Å². The first kappa shape index (κ1) is 14.2. The molecular weight excluding hydrogens is 304 g/mol. The Kier molecular flexibility index (Phi) is 3.75. The first-order valence-corrected chi connectivity index (χ1v) is 8.13. The number of hydrazine groups is 1. The van der Waals surface area contributed by atoms with Crippen molar-refractivity contribution >= 4 is 44.7 Å². The van der Waals surface area contributed by atoms with Crippen molar-refractivity contribution < 1.29 is 0 Å². The minimum absolute atomic E-state index is 0.437. The van der Waals surface area contributed by atoms with E-state index in [4.69, 9.17) is 5.84 Å². The van der Waals surface area contributed by atoms with Gasteiger partial charge in [0.05, 0.1) is 23.1 Å². The lowest BCUT2D eigenvalue weighted by Gasteiger charge is -2.19. The monoisotopic (exact) mass is 320 g/mol. The number of nitrogens with one attached hydrogen (secondary N) is 1. The molecule has 0 atom stereocenters. The van der Waals surface area contributed by atoms with Crippen LogP contribution in [0.15, 0.2) is 11.6 Å². The maximum atomic E-state index is 5.48. The normalized spacial score (nSPS) is 11.0. The van der Waals surface area contributed by atoms with Crippen molar-refractivity contribution in [2.75, 3.05) is 17.4 Å². The number of fused-ring (bicyclic) bond motifs is 1. The van der Waals surface area contributed by atoms with Gasteiger partial charge in [0.25, 0.3) is 0 Å². The molecule has 21 heavy (non-hydrogen) atoms. The van der Waals surface area contributed by atoms with Crippen molar-refractivity contribution in [1.82, 2.24) is 15.0 Å². The number of aromatic nitrogens is 3. The number of nitrogens with two attached hydrogens (primary N) is 1. The molecule has 0 bridgehead atoms. The molecule has 0 radical (unpaired) electrons. The summed E-state index contributed by atoms with van der Waals surface area (Å²) < 4.78 is 0. The van der Waals surface area contributed by atoms with Crippen molar-refractivity contribution in [3.8, 4) is 0 Å². The largest absolute Gasteiger partial charge is 0.354 e. The van der Waals surface area contributed by atoms with Crippen LogP contribution in [0.5, 0.6) is 0 Å². The summed E-state index contributed by atoms with van der Waals surface area (Å²) in [5, 5.41) is 1.06. The van der Waals surface area contributed by atoms with E-state index in [9.17, 15) is 0 Å². The van der Waals surface area contributed by atoms with Crippen LogP contribution in [-0.4, -0.2) is 22.0 Å². The van der Waals surface area contributed by atoms with Crippen molar-refractivity contribution in [3.05, 3.63) is 27.0 Å². The number of thiophene rings is 1. The molecule has 0 amide bonds. The van der Waals surface area contributed by atoms with Gasteiger partial charge in [-0.05, 0) is 19.9 Å². The molecule has 3 aromatic heterocycles. The van der Waals surface area contributed by atoms with Gasteiger partial charge in [0.15, 0.2) is 0 Å². The van der Waals surface area contributed by atoms with Crippen LogP contribution in [-0.2, 0) is 6.54 Å². The summed E-state index contributed by atoms with van der Waals surface area (Å²) >= 11 is 3.30. The highest BCUT2D eigenvalue weighted by Gasteiger charge is 2.15. The van der Waals surface area contributed by atoms with Gasteiger partial charge < -0.3 is 4.90 Å². The number of nitrogen functional groups attached to an aromatic ring is 1. The average Bonchev–Trinajstić information content (AvgIpc) is 3.02. The third-order valence-corrected chi connectivity index (χ3v) is 5.08. The zero-order valence-electron chi connectivity index (χ0n) is 12.0. The standard InChI is InChI=1S/C13H16N6S2/c1-7-4-9-11(16-13(18-14)17-12(9)21-7)19(3)5-10-8(2)15-6-20-10/h4,6H,5,14H2,1-3H3,(H,16,17,18). The molecule has 3 rings (SSSR count). The van der Waals surface area contributed by atoms with Crippen molar-refractivity contribution in [3.63, 3.8) is 0 Å². The zero-order chi connectivity index (χ0) is 15.0. The highest BCUT2D eigenvalue weighted by Crippen LogP contribution is 2.32. The lowest BCUT2D eigenvalue weighted by Crippen LogP contribution is -2.19. The van der Waals surface area contributed by atoms with E-state index < -0.39 is 0 Å². The fourth-order valence-electron chi connectivity index (χ4n) is 2.15. The van der Waals surface area contributed by atoms with Gasteiger partial charge in [-0.2, -0.15) is 4.98 Å². The fourth-order valence-corrected chi connectivity index (χ4v) is 3.85. The first-order chi connectivity index (χ1) is 10.1. The Morgan fingerprint density at radius 1 is 1.33 bits per heavy atom. The van der Waals surface area contributed by atoms with Crippen LogP contribution in [0.1, 0.15) is 15.4 Å². The number of aryl methyl sites for hydroxylation is 2. The summed E-state index contributed by atoms with van der Waals surface area (Å²) in [6.07, 6.45) is 0. The van der Waals surface area contributed by atoms with Crippen LogP contribution in [0.4, 0.5) is 11.8 Å². The Hall–Kier alpha value is -1.77. The van der Waals surface area contributed by atoms with Gasteiger partial charge >= 0.3 is 0 Å². The Labute approximate surface area is 130 Å². The molecule has 0 saturated carbocycles. The second-order valence-electron chi connectivity index (χ2n) is 4.81. The van der Waals surface area contributed by atoms with E-state index in [1.54, 1.807) is 22.7 Å². The molecular formula is C13H16N6S2. The number of hydrogen-bond donors (Lipinski definition) is 2. The van der Waals surface area contributed by atoms with Gasteiger partial charge in [0.1, 0.15) is 10.6 Å². The zero-order valence-corrected chi connectivity index (χ0v) is 13.7. The molecule has 0 unspecified atom stereocenters. The number of rotatable bonds is 4. The SMILES string of the molecule is Cc1cc2c(N(C)Cc3scnc3C)nc(NN)nc2s1. The molecule has 0 fully saturated rings. The molecule has 3 aromatic rings. The van der Waals surface area contributed by atoms with Crippen molar-refractivity contribution in [2.45, 2.75) is 20.4 Å². The third kappa shape index (κ3) is 2.69. The predicted molar refractivity (Wildman–Crippen MR) is 88.9 cm³/mol. The number of thiazole rings is 1. The van der Waals surface area contributed by atoms with E-state index in [0.717, 1.165) is 28.3 Å². The van der Waals surface area contributed by atoms with Gasteiger partial charge in [-0.25, -0.2) is 15.8 Å². The van der Waals surface area contributed by atoms with E-state index in [-0.39, 0.29) is 0 Å². The lowest BCUT2D eigenvalue weighted by atomic mass is 10.3. The van der Waals surface area contributed by atoms with Crippen molar-refractivity contribution in [1.29, 1.82) is 0 Å². The fraction of sp³-hybridized carbons (Fsp3) is 0.308. The predicted octanol–water partition coefficient (Wildman–Crippen LogP) is 2.69. The molecule has 0 saturated heterocycles. The van der Waals surface area contributed by atoms with Crippen LogP contribution in [0, 0.1) is 13.8 Å². The number of anilines is 2. The maximum Gasteiger partial charge on any atom is 0.240 e. The Morgan fingerprint density at radius 2 is 2.14 bits per heavy atom. The first-order valence-electron chi connectivity index (χ1n) is 6.43. The quantitative estimate of drug-likeness (QED) is 0.568. The smallest absolute Gasteiger partial charge is 0.240 e. The van der Waals surface area contributed by atoms with E-state index in [0.29, 0.717) is 5.95 Å². The van der Waals surface area contributed by atoms with E-state index in [1.165, 1.54) is 9.75 Å². The van der Waals surface area contributed by atoms with Crippen LogP contribution < -0.4 is 16.2 Å². The average molecular weight is 320 g/mol. The van der Waals surface area contributed by atoms with E-state index in [1.807, 2.05) is 19.5 Å². The second kappa shape index (κ2) is 5.55. The van der Waals surface area contributed by atoms with Gasteiger partial charge in [0, 0.05) is 16.8 Å². The van der Waals surface area contributed by atoms with Crippen LogP contribution >= 0.6 is 22.7 Å². The molecule has 110 valence electrons. The molecule has 0 aliphatic carbocycles. The molecule has 0 spiro atoms. The van der Waals surface area contributed by atoms with Gasteiger partial charge in [-0.3, -0.25) is 5.43 Å². The summed E-state index contributed by atoms with van der Waals surface area (Å²) in [4.78, 5) is 18.7. The minimum Gasteiger partial charge on any atom is -0.354 e. The van der Waals surface area contributed by atoms with Crippen LogP contribution in [0.25, 0.3) is 10.2 Å². The molecule has 0 aliphatic rings. The van der Waals surface area contributed by atoms with E-state index in [2.05, 4.69) is 38.3 Å². The molecule has 3 N–H and O–H groups in total. The highest BCUT2D eigenvalue weighted by atomic mass is 32.1. The second-order valence-corrected chi connectivity index (χ2v) is 6.98. The molecule has 8 heteroatoms. The summed E-state index contributed by atoms with van der Waals surface area (Å²) in [6.45, 7) is 4.86. The highest BCUT2D eigenvalue weighted by molar-refractivity contribution is 7.18. The maximum absolute atomic E-state index is 5.48. The Balaban J connectivity index is 2.03. The minimum atomic E-state index is 0.437. The van der Waals surface area contributed by atoms with Gasteiger partial charge in [0.2, 0.25) is 5.95 Å². The summed E-state index contributed by atoms with van der Waals surface area (Å²) in [7, 11) is 2.02. The number of nitrogens with zero attached hydrogens (tertiary/aromatic N) is 4. The van der Waals surface area contributed by atoms with Crippen LogP contribution in [0.3, 0.4) is 0 Å². The molecule has 3 heterocycles. The summed E-state index contributed by atoms with van der Waals surface area (Å²) in [6, 6.07) is 2.12. The summed E-state index contributed by atoms with van der Waals surface area (Å²) in [5.74, 6) is 6.80. The molecule has 0 aromatic carbocycles. The Bertz CT molecular complexity index is 778. The van der Waals surface area contributed by atoms with Gasteiger partial charge in [-0.1, -0.05) is 0 Å². The topological polar surface area (TPSA) is 80.0 Å². The molecule has 6 nitrogen and oxygen atoms in total. The lowest BCUT2D eigenvalue weighted by molar-refractivity contribution is 0.904.